The predicted octanol–water partition coefficient (Wildman–Crippen LogP) is 4.41. The maximum atomic E-state index is 12.9. The van der Waals surface area contributed by atoms with Crippen molar-refractivity contribution in [3.8, 4) is 0 Å². The van der Waals surface area contributed by atoms with Crippen LogP contribution in [-0.2, 0) is 10.0 Å². The van der Waals surface area contributed by atoms with Gasteiger partial charge in [0.25, 0.3) is 11.6 Å². The second-order valence-electron chi connectivity index (χ2n) is 7.72. The lowest BCUT2D eigenvalue weighted by Gasteiger charge is -2.30. The van der Waals surface area contributed by atoms with E-state index in [-0.39, 0.29) is 22.2 Å². The van der Waals surface area contributed by atoms with Crippen LogP contribution in [0, 0.1) is 10.1 Å². The largest absolute Gasteiger partial charge is 0.298 e. The molecular weight excluding hydrogens is 452 g/mol. The number of hydrogen-bond donors (Lipinski definition) is 1. The van der Waals surface area contributed by atoms with Crippen LogP contribution < -0.4 is 5.32 Å². The average molecular weight is 475 g/mol. The summed E-state index contributed by atoms with van der Waals surface area (Å²) in [7, 11) is -2.02. The molecule has 1 aromatic heterocycles. The van der Waals surface area contributed by atoms with Crippen molar-refractivity contribution in [2.75, 3.05) is 12.4 Å². The van der Waals surface area contributed by atoms with E-state index in [1.165, 1.54) is 52.0 Å². The minimum Gasteiger partial charge on any atom is -0.298 e. The van der Waals surface area contributed by atoms with Gasteiger partial charge in [0, 0.05) is 30.8 Å². The summed E-state index contributed by atoms with van der Waals surface area (Å²) in [6.07, 6.45) is 4.92. The molecule has 11 heteroatoms. The number of benzene rings is 2. The predicted molar refractivity (Wildman–Crippen MR) is 122 cm³/mol. The third-order valence-corrected chi connectivity index (χ3v) is 8.56. The highest BCUT2D eigenvalue weighted by molar-refractivity contribution is 7.89. The second kappa shape index (κ2) is 8.93. The quantitative estimate of drug-likeness (QED) is 0.417. The van der Waals surface area contributed by atoms with Gasteiger partial charge in [0.2, 0.25) is 10.0 Å². The van der Waals surface area contributed by atoms with Crippen LogP contribution >= 0.6 is 11.3 Å². The van der Waals surface area contributed by atoms with Gasteiger partial charge in [-0.05, 0) is 43.2 Å². The van der Waals surface area contributed by atoms with Crippen LogP contribution in [0.1, 0.15) is 42.5 Å². The number of aromatic nitrogens is 1. The summed E-state index contributed by atoms with van der Waals surface area (Å²) < 4.78 is 28.0. The molecule has 0 saturated heterocycles. The van der Waals surface area contributed by atoms with Crippen LogP contribution in [-0.4, -0.2) is 41.6 Å². The van der Waals surface area contributed by atoms with E-state index in [4.69, 9.17) is 0 Å². The highest BCUT2D eigenvalue weighted by Crippen LogP contribution is 2.30. The Morgan fingerprint density at radius 3 is 2.50 bits per heavy atom. The first kappa shape index (κ1) is 22.3. The topological polar surface area (TPSA) is 123 Å². The van der Waals surface area contributed by atoms with E-state index >= 15 is 0 Å². The summed E-state index contributed by atoms with van der Waals surface area (Å²) in [5.41, 5.74) is 0.636. The maximum Gasteiger partial charge on any atom is 0.271 e. The van der Waals surface area contributed by atoms with Gasteiger partial charge < -0.3 is 0 Å². The molecule has 32 heavy (non-hydrogen) atoms. The number of hydrogen-bond acceptors (Lipinski definition) is 7. The van der Waals surface area contributed by atoms with Crippen LogP contribution in [0.25, 0.3) is 10.2 Å². The molecule has 1 N–H and O–H groups in total. The van der Waals surface area contributed by atoms with Crippen LogP contribution in [0.4, 0.5) is 10.8 Å². The number of fused-ring (bicyclic) bond motifs is 1. The van der Waals surface area contributed by atoms with Crippen molar-refractivity contribution in [3.05, 3.63) is 58.1 Å². The zero-order valence-corrected chi connectivity index (χ0v) is 19.0. The van der Waals surface area contributed by atoms with Gasteiger partial charge in [-0.25, -0.2) is 13.4 Å². The lowest BCUT2D eigenvalue weighted by Crippen LogP contribution is -2.38. The van der Waals surface area contributed by atoms with Crippen molar-refractivity contribution in [1.29, 1.82) is 0 Å². The van der Waals surface area contributed by atoms with Crippen molar-refractivity contribution < 1.29 is 18.1 Å². The summed E-state index contributed by atoms with van der Waals surface area (Å²) in [5.74, 6) is -0.442. The molecule has 168 valence electrons. The third-order valence-electron chi connectivity index (χ3n) is 5.68. The minimum absolute atomic E-state index is 0.00610. The van der Waals surface area contributed by atoms with E-state index in [0.717, 1.165) is 32.1 Å². The van der Waals surface area contributed by atoms with Gasteiger partial charge in [-0.15, -0.1) is 0 Å². The van der Waals surface area contributed by atoms with Crippen LogP contribution in [0.5, 0.6) is 0 Å². The molecule has 3 aromatic rings. The van der Waals surface area contributed by atoms with E-state index in [1.807, 2.05) is 0 Å². The first-order chi connectivity index (χ1) is 15.3. The Hall–Kier alpha value is -2.89. The molecule has 0 bridgehead atoms. The lowest BCUT2D eigenvalue weighted by atomic mass is 9.96. The smallest absolute Gasteiger partial charge is 0.271 e. The summed E-state index contributed by atoms with van der Waals surface area (Å²) >= 11 is 1.20. The van der Waals surface area contributed by atoms with Gasteiger partial charge in [0.05, 0.1) is 20.0 Å². The number of amides is 1. The van der Waals surface area contributed by atoms with Crippen molar-refractivity contribution in [2.24, 2.45) is 0 Å². The van der Waals surface area contributed by atoms with Gasteiger partial charge in [0.1, 0.15) is 0 Å². The van der Waals surface area contributed by atoms with Crippen molar-refractivity contribution in [3.63, 3.8) is 0 Å². The first-order valence-electron chi connectivity index (χ1n) is 10.2. The Bertz CT molecular complexity index is 1270. The summed E-state index contributed by atoms with van der Waals surface area (Å²) in [6.45, 7) is 0. The molecule has 2 aromatic carbocycles. The SMILES string of the molecule is CN(C1CCCCC1)S(=O)(=O)c1ccc(C(=O)Nc2nc3cc([N+](=O)[O-])ccc3s2)cc1. The molecule has 9 nitrogen and oxygen atoms in total. The number of sulfonamides is 1. The number of thiazole rings is 1. The molecule has 0 aliphatic heterocycles. The van der Waals surface area contributed by atoms with Gasteiger partial charge >= 0.3 is 0 Å². The maximum absolute atomic E-state index is 12.9. The van der Waals surface area contributed by atoms with E-state index in [2.05, 4.69) is 10.3 Å². The third kappa shape index (κ3) is 4.50. The van der Waals surface area contributed by atoms with Crippen molar-refractivity contribution in [2.45, 2.75) is 43.0 Å². The number of non-ortho nitro benzene ring substituents is 1. The summed E-state index contributed by atoms with van der Waals surface area (Å²) in [5, 5.41) is 13.9. The van der Waals surface area contributed by atoms with E-state index in [1.54, 1.807) is 13.1 Å². The minimum atomic E-state index is -3.63. The molecular formula is C21H22N4O5S2. The molecule has 1 amide bonds. The van der Waals surface area contributed by atoms with Crippen LogP contribution in [0.3, 0.4) is 0 Å². The zero-order valence-electron chi connectivity index (χ0n) is 17.4. The average Bonchev–Trinajstić information content (AvgIpc) is 3.20. The number of nitro benzene ring substituents is 1. The molecule has 0 atom stereocenters. The Morgan fingerprint density at radius 2 is 1.84 bits per heavy atom. The lowest BCUT2D eigenvalue weighted by molar-refractivity contribution is -0.384. The fourth-order valence-electron chi connectivity index (χ4n) is 3.84. The monoisotopic (exact) mass is 474 g/mol. The number of anilines is 1. The number of carbonyl (C=O) groups is 1. The molecule has 1 fully saturated rings. The Labute approximate surface area is 189 Å². The molecule has 0 spiro atoms. The van der Waals surface area contributed by atoms with Crippen molar-refractivity contribution >= 4 is 48.3 Å². The van der Waals surface area contributed by atoms with E-state index in [0.29, 0.717) is 15.3 Å². The second-order valence-corrected chi connectivity index (χ2v) is 10.7. The number of nitrogens with zero attached hydrogens (tertiary/aromatic N) is 3. The first-order valence-corrected chi connectivity index (χ1v) is 12.5. The van der Waals surface area contributed by atoms with E-state index < -0.39 is 20.9 Å². The van der Waals surface area contributed by atoms with Crippen LogP contribution in [0.15, 0.2) is 47.4 Å². The molecule has 1 aliphatic rings. The molecule has 4 rings (SSSR count). The highest BCUT2D eigenvalue weighted by Gasteiger charge is 2.29. The fourth-order valence-corrected chi connectivity index (χ4v) is 6.09. The molecule has 1 heterocycles. The number of rotatable bonds is 6. The normalized spacial score (nSPS) is 15.2. The Kier molecular flexibility index (Phi) is 6.22. The Morgan fingerprint density at radius 1 is 1.16 bits per heavy atom. The highest BCUT2D eigenvalue weighted by atomic mass is 32.2. The molecule has 1 aliphatic carbocycles. The number of nitrogens with one attached hydrogen (secondary N) is 1. The molecule has 1 saturated carbocycles. The van der Waals surface area contributed by atoms with Gasteiger partial charge in [-0.2, -0.15) is 4.31 Å². The fraction of sp³-hybridized carbons (Fsp3) is 0.333. The Balaban J connectivity index is 1.48. The summed E-state index contributed by atoms with van der Waals surface area (Å²) in [6, 6.07) is 10.1. The van der Waals surface area contributed by atoms with Crippen LogP contribution in [0.2, 0.25) is 0 Å². The standard InChI is InChI=1S/C21H22N4O5S2/c1-24(15-5-3-2-4-6-15)32(29,30)17-10-7-14(8-11-17)20(26)23-21-22-18-13-16(25(27)28)9-12-19(18)31-21/h7-13,15H,2-6H2,1H3,(H,22,23,26). The van der Waals surface area contributed by atoms with Crippen molar-refractivity contribution in [1.82, 2.24) is 9.29 Å². The summed E-state index contributed by atoms with van der Waals surface area (Å²) in [4.78, 5) is 27.4. The van der Waals surface area contributed by atoms with Gasteiger partial charge in [0.15, 0.2) is 5.13 Å². The molecule has 0 radical (unpaired) electrons. The van der Waals surface area contributed by atoms with E-state index in [9.17, 15) is 23.3 Å². The molecule has 0 unspecified atom stereocenters. The number of carbonyl (C=O) groups excluding carboxylic acids is 1. The number of nitro groups is 1. The van der Waals surface area contributed by atoms with Gasteiger partial charge in [-0.1, -0.05) is 30.6 Å². The zero-order chi connectivity index (χ0) is 22.9. The van der Waals surface area contributed by atoms with Gasteiger partial charge in [-0.3, -0.25) is 20.2 Å².